The molecule has 19 heavy (non-hydrogen) atoms. The first kappa shape index (κ1) is 14.9. The first-order valence-corrected chi connectivity index (χ1v) is 8.27. The average Bonchev–Trinajstić information content (AvgIpc) is 2.83. The van der Waals surface area contributed by atoms with Gasteiger partial charge in [0.25, 0.3) is 0 Å². The lowest BCUT2D eigenvalue weighted by Gasteiger charge is -2.17. The molecule has 0 N–H and O–H groups in total. The minimum Gasteiger partial charge on any atom is -0.495 e. The summed E-state index contributed by atoms with van der Waals surface area (Å²) in [6.07, 6.45) is 0. The molecule has 0 saturated carbocycles. The summed E-state index contributed by atoms with van der Waals surface area (Å²) in [5.41, 5.74) is 2.36. The Morgan fingerprint density at radius 1 is 1.16 bits per heavy atom. The molecule has 5 heteroatoms. The van der Waals surface area contributed by atoms with E-state index in [2.05, 4.69) is 50.2 Å². The lowest BCUT2D eigenvalue weighted by atomic mass is 10.1. The number of thiophene rings is 1. The second kappa shape index (κ2) is 6.29. The van der Waals surface area contributed by atoms with Crippen molar-refractivity contribution < 1.29 is 9.47 Å². The number of hydrogen-bond acceptors (Lipinski definition) is 3. The summed E-state index contributed by atoms with van der Waals surface area (Å²) in [6, 6.07) is 6.10. The van der Waals surface area contributed by atoms with E-state index in [1.165, 1.54) is 10.4 Å². The van der Waals surface area contributed by atoms with Crippen molar-refractivity contribution >= 4 is 43.2 Å². The number of halogens is 2. The van der Waals surface area contributed by atoms with E-state index in [1.54, 1.807) is 25.6 Å². The maximum atomic E-state index is 5.53. The molecule has 0 radical (unpaired) electrons. The third kappa shape index (κ3) is 2.83. The number of hydrogen-bond donors (Lipinski definition) is 0. The zero-order valence-corrected chi connectivity index (χ0v) is 14.9. The van der Waals surface area contributed by atoms with Crippen molar-refractivity contribution in [3.05, 3.63) is 44.1 Å². The fourth-order valence-electron chi connectivity index (χ4n) is 1.90. The van der Waals surface area contributed by atoms with E-state index < -0.39 is 0 Å². The van der Waals surface area contributed by atoms with E-state index in [-0.39, 0.29) is 4.83 Å². The van der Waals surface area contributed by atoms with E-state index >= 15 is 0 Å². The van der Waals surface area contributed by atoms with Gasteiger partial charge in [-0.1, -0.05) is 22.0 Å². The SMILES string of the molecule is COc1ccc(C(Br)c2sccc2C)c(OC)c1Br. The van der Waals surface area contributed by atoms with Gasteiger partial charge in [0.1, 0.15) is 16.0 Å². The van der Waals surface area contributed by atoms with Crippen LogP contribution in [0.4, 0.5) is 0 Å². The number of benzene rings is 1. The molecule has 0 aliphatic rings. The van der Waals surface area contributed by atoms with Crippen LogP contribution in [0.5, 0.6) is 11.5 Å². The molecule has 0 amide bonds. The third-order valence-electron chi connectivity index (χ3n) is 2.92. The van der Waals surface area contributed by atoms with Crippen molar-refractivity contribution in [1.82, 2.24) is 0 Å². The van der Waals surface area contributed by atoms with Gasteiger partial charge in [0, 0.05) is 10.4 Å². The highest BCUT2D eigenvalue weighted by Gasteiger charge is 2.21. The Morgan fingerprint density at radius 3 is 2.42 bits per heavy atom. The van der Waals surface area contributed by atoms with Crippen LogP contribution in [0.25, 0.3) is 0 Å². The smallest absolute Gasteiger partial charge is 0.141 e. The summed E-state index contributed by atoms with van der Waals surface area (Å²) in [4.78, 5) is 1.40. The van der Waals surface area contributed by atoms with Gasteiger partial charge in [-0.25, -0.2) is 0 Å². The van der Waals surface area contributed by atoms with Crippen LogP contribution in [0.3, 0.4) is 0 Å². The molecule has 1 unspecified atom stereocenters. The molecule has 2 aromatic rings. The third-order valence-corrected chi connectivity index (χ3v) is 6.01. The summed E-state index contributed by atoms with van der Waals surface area (Å²) >= 11 is 9.04. The van der Waals surface area contributed by atoms with Crippen LogP contribution >= 0.6 is 43.2 Å². The zero-order valence-electron chi connectivity index (χ0n) is 10.9. The molecule has 0 spiro atoms. The molecule has 0 aliphatic carbocycles. The van der Waals surface area contributed by atoms with E-state index in [0.717, 1.165) is 21.5 Å². The number of aryl methyl sites for hydroxylation is 1. The van der Waals surface area contributed by atoms with Crippen molar-refractivity contribution in [2.75, 3.05) is 14.2 Å². The van der Waals surface area contributed by atoms with Crippen molar-refractivity contribution in [2.24, 2.45) is 0 Å². The molecule has 1 heterocycles. The summed E-state index contributed by atoms with van der Waals surface area (Å²) in [7, 11) is 3.32. The predicted molar refractivity (Wildman–Crippen MR) is 87.1 cm³/mol. The maximum Gasteiger partial charge on any atom is 0.141 e. The molecule has 1 aromatic heterocycles. The largest absolute Gasteiger partial charge is 0.495 e. The molecule has 2 nitrogen and oxygen atoms in total. The number of methoxy groups -OCH3 is 2. The van der Waals surface area contributed by atoms with Gasteiger partial charge < -0.3 is 9.47 Å². The van der Waals surface area contributed by atoms with Crippen molar-refractivity contribution in [1.29, 1.82) is 0 Å². The van der Waals surface area contributed by atoms with Crippen molar-refractivity contribution in [3.8, 4) is 11.5 Å². The normalized spacial score (nSPS) is 12.3. The molecule has 1 aromatic carbocycles. The Kier molecular flexibility index (Phi) is 4.92. The van der Waals surface area contributed by atoms with Crippen molar-refractivity contribution in [3.63, 3.8) is 0 Å². The van der Waals surface area contributed by atoms with E-state index in [0.29, 0.717) is 0 Å². The summed E-state index contributed by atoms with van der Waals surface area (Å²) in [6.45, 7) is 2.12. The lowest BCUT2D eigenvalue weighted by Crippen LogP contribution is -1.99. The molecule has 0 aliphatic heterocycles. The molecule has 0 fully saturated rings. The van der Waals surface area contributed by atoms with Crippen LogP contribution < -0.4 is 9.47 Å². The number of alkyl halides is 1. The highest BCUT2D eigenvalue weighted by atomic mass is 79.9. The van der Waals surface area contributed by atoms with Crippen LogP contribution in [-0.2, 0) is 0 Å². The maximum absolute atomic E-state index is 5.53. The zero-order chi connectivity index (χ0) is 14.0. The topological polar surface area (TPSA) is 18.5 Å². The van der Waals surface area contributed by atoms with Crippen LogP contribution in [-0.4, -0.2) is 14.2 Å². The average molecular weight is 406 g/mol. The molecule has 102 valence electrons. The van der Waals surface area contributed by atoms with Gasteiger partial charge in [0.05, 0.1) is 19.0 Å². The van der Waals surface area contributed by atoms with Gasteiger partial charge >= 0.3 is 0 Å². The fourth-order valence-corrected chi connectivity index (χ4v) is 4.55. The molecule has 2 rings (SSSR count). The van der Waals surface area contributed by atoms with Crippen LogP contribution in [0.15, 0.2) is 28.1 Å². The number of rotatable bonds is 4. The summed E-state index contributed by atoms with van der Waals surface area (Å²) in [5.74, 6) is 1.57. The summed E-state index contributed by atoms with van der Waals surface area (Å²) in [5, 5.41) is 2.10. The first-order valence-electron chi connectivity index (χ1n) is 5.68. The van der Waals surface area contributed by atoms with Gasteiger partial charge in [-0.2, -0.15) is 0 Å². The van der Waals surface area contributed by atoms with Gasteiger partial charge in [-0.05, 0) is 45.9 Å². The second-order valence-corrected chi connectivity index (χ2v) is 6.69. The molecular formula is C14H14Br2O2S. The Bertz CT molecular complexity index is 581. The van der Waals surface area contributed by atoms with Crippen LogP contribution in [0.1, 0.15) is 20.8 Å². The standard InChI is InChI=1S/C14H14Br2O2S/c1-8-6-7-19-14(8)11(15)9-4-5-10(17-2)12(16)13(9)18-3/h4-7,11H,1-3H3. The van der Waals surface area contributed by atoms with Crippen molar-refractivity contribution in [2.45, 2.75) is 11.8 Å². The molecule has 0 bridgehead atoms. The minimum atomic E-state index is 0.115. The Morgan fingerprint density at radius 2 is 1.89 bits per heavy atom. The van der Waals surface area contributed by atoms with E-state index in [9.17, 15) is 0 Å². The molecular weight excluding hydrogens is 392 g/mol. The highest BCUT2D eigenvalue weighted by Crippen LogP contribution is 2.45. The minimum absolute atomic E-state index is 0.115. The number of ether oxygens (including phenoxy) is 2. The predicted octanol–water partition coefficient (Wildman–Crippen LogP) is 5.32. The highest BCUT2D eigenvalue weighted by molar-refractivity contribution is 9.10. The second-order valence-electron chi connectivity index (χ2n) is 4.03. The fraction of sp³-hybridized carbons (Fsp3) is 0.286. The van der Waals surface area contributed by atoms with Gasteiger partial charge in [-0.3, -0.25) is 0 Å². The molecule has 1 atom stereocenters. The lowest BCUT2D eigenvalue weighted by molar-refractivity contribution is 0.387. The molecule has 0 saturated heterocycles. The van der Waals surface area contributed by atoms with Crippen LogP contribution in [0.2, 0.25) is 0 Å². The van der Waals surface area contributed by atoms with E-state index in [1.807, 2.05) is 12.1 Å². The first-order chi connectivity index (χ1) is 9.10. The van der Waals surface area contributed by atoms with Crippen LogP contribution in [0, 0.1) is 6.92 Å². The monoisotopic (exact) mass is 404 g/mol. The van der Waals surface area contributed by atoms with E-state index in [4.69, 9.17) is 9.47 Å². The van der Waals surface area contributed by atoms with Gasteiger partial charge in [0.2, 0.25) is 0 Å². The van der Waals surface area contributed by atoms with Gasteiger partial charge in [-0.15, -0.1) is 11.3 Å². The Balaban J connectivity index is 2.51. The Hall–Kier alpha value is -0.520. The summed E-state index contributed by atoms with van der Waals surface area (Å²) < 4.78 is 11.7. The Labute approximate surface area is 134 Å². The van der Waals surface area contributed by atoms with Gasteiger partial charge in [0.15, 0.2) is 0 Å². The quantitative estimate of drug-likeness (QED) is 0.640.